The maximum Gasteiger partial charge on any atom is 0.350 e. The van der Waals surface area contributed by atoms with Gasteiger partial charge in [0.15, 0.2) is 6.29 Å². The highest BCUT2D eigenvalue weighted by Gasteiger charge is 2.42. The minimum atomic E-state index is -1.01. The Hall–Kier alpha value is -1.30. The van der Waals surface area contributed by atoms with E-state index in [-0.39, 0.29) is 5.97 Å². The van der Waals surface area contributed by atoms with Gasteiger partial charge in [-0.1, -0.05) is 38.3 Å². The third kappa shape index (κ3) is 4.87. The average molecular weight is 371 g/mol. The van der Waals surface area contributed by atoms with Gasteiger partial charge in [-0.3, -0.25) is 0 Å². The van der Waals surface area contributed by atoms with Crippen molar-refractivity contribution in [3.05, 3.63) is 28.8 Å². The Kier molecular flexibility index (Phi) is 7.54. The van der Waals surface area contributed by atoms with Gasteiger partial charge < -0.3 is 18.9 Å². The number of rotatable bonds is 9. The molecule has 6 heteroatoms. The molecule has 1 aliphatic heterocycles. The Morgan fingerprint density at radius 1 is 1.20 bits per heavy atom. The number of ether oxygens (including phenoxy) is 4. The summed E-state index contributed by atoms with van der Waals surface area (Å²) in [5.74, 6) is 0.221. The van der Waals surface area contributed by atoms with E-state index in [9.17, 15) is 4.79 Å². The first-order chi connectivity index (χ1) is 12.1. The third-order valence-corrected chi connectivity index (χ3v) is 4.34. The second-order valence-electron chi connectivity index (χ2n) is 6.07. The quantitative estimate of drug-likeness (QED) is 0.591. The summed E-state index contributed by atoms with van der Waals surface area (Å²) >= 11 is 6.14. The molecule has 0 bridgehead atoms. The van der Waals surface area contributed by atoms with Gasteiger partial charge in [-0.05, 0) is 38.0 Å². The number of carbonyl (C=O) groups is 1. The van der Waals surface area contributed by atoms with Crippen molar-refractivity contribution in [2.45, 2.75) is 58.3 Å². The van der Waals surface area contributed by atoms with Crippen molar-refractivity contribution >= 4 is 17.6 Å². The van der Waals surface area contributed by atoms with Crippen LogP contribution in [0.4, 0.5) is 0 Å². The van der Waals surface area contributed by atoms with Crippen LogP contribution >= 0.6 is 11.6 Å². The van der Waals surface area contributed by atoms with Crippen molar-refractivity contribution in [3.63, 3.8) is 0 Å². The Bertz CT molecular complexity index is 563. The molecule has 5 nitrogen and oxygen atoms in total. The number of hydrogen-bond acceptors (Lipinski definition) is 5. The maximum atomic E-state index is 12.7. The Morgan fingerprint density at radius 2 is 1.84 bits per heavy atom. The summed E-state index contributed by atoms with van der Waals surface area (Å²) in [5.41, 5.74) is -0.313. The van der Waals surface area contributed by atoms with Gasteiger partial charge in [-0.25, -0.2) is 4.79 Å². The molecule has 0 unspecified atom stereocenters. The van der Waals surface area contributed by atoms with E-state index in [4.69, 9.17) is 30.5 Å². The minimum Gasteiger partial charge on any atom is -0.475 e. The number of halogens is 1. The summed E-state index contributed by atoms with van der Waals surface area (Å²) < 4.78 is 22.8. The first-order valence-electron chi connectivity index (χ1n) is 8.95. The van der Waals surface area contributed by atoms with Crippen LogP contribution < -0.4 is 4.74 Å². The highest BCUT2D eigenvalue weighted by molar-refractivity contribution is 6.30. The topological polar surface area (TPSA) is 54.0 Å². The van der Waals surface area contributed by atoms with E-state index in [0.29, 0.717) is 49.0 Å². The van der Waals surface area contributed by atoms with Gasteiger partial charge >= 0.3 is 5.97 Å². The summed E-state index contributed by atoms with van der Waals surface area (Å²) in [6.07, 6.45) is 2.23. The molecule has 0 saturated carbocycles. The van der Waals surface area contributed by atoms with E-state index in [2.05, 4.69) is 0 Å². The number of benzene rings is 1. The van der Waals surface area contributed by atoms with E-state index in [1.165, 1.54) is 0 Å². The van der Waals surface area contributed by atoms with Crippen molar-refractivity contribution < 1.29 is 23.7 Å². The average Bonchev–Trinajstić information content (AvgIpc) is 3.11. The fraction of sp³-hybridized carbons (Fsp3) is 0.632. The molecule has 0 aliphatic carbocycles. The van der Waals surface area contributed by atoms with Crippen molar-refractivity contribution in [2.75, 3.05) is 19.8 Å². The third-order valence-electron chi connectivity index (χ3n) is 4.11. The van der Waals surface area contributed by atoms with Crippen LogP contribution in [-0.4, -0.2) is 31.4 Å². The maximum absolute atomic E-state index is 12.7. The van der Waals surface area contributed by atoms with Gasteiger partial charge in [-0.2, -0.15) is 0 Å². The molecule has 0 aromatic heterocycles. The van der Waals surface area contributed by atoms with E-state index >= 15 is 0 Å². The standard InChI is InChI=1S/C19H27ClO5/c1-4-9-19(10-5-2,18(21)22-6-3)25-16-8-7-14(20)13-15(16)17-23-11-12-24-17/h7-8,13,17H,4-6,9-12H2,1-3H3. The zero-order valence-electron chi connectivity index (χ0n) is 15.2. The Morgan fingerprint density at radius 3 is 2.40 bits per heavy atom. The highest BCUT2D eigenvalue weighted by Crippen LogP contribution is 2.37. The van der Waals surface area contributed by atoms with E-state index in [1.807, 2.05) is 13.8 Å². The highest BCUT2D eigenvalue weighted by atomic mass is 35.5. The second kappa shape index (κ2) is 9.41. The van der Waals surface area contributed by atoms with Crippen LogP contribution in [0, 0.1) is 0 Å². The van der Waals surface area contributed by atoms with Crippen LogP contribution in [0.25, 0.3) is 0 Å². The largest absolute Gasteiger partial charge is 0.475 e. The molecule has 25 heavy (non-hydrogen) atoms. The molecular weight excluding hydrogens is 344 g/mol. The van der Waals surface area contributed by atoms with Crippen LogP contribution in [0.3, 0.4) is 0 Å². The predicted molar refractivity (Wildman–Crippen MR) is 95.9 cm³/mol. The number of hydrogen-bond donors (Lipinski definition) is 0. The Labute approximate surface area is 154 Å². The lowest BCUT2D eigenvalue weighted by molar-refractivity contribution is -0.163. The molecule has 0 amide bonds. The summed E-state index contributed by atoms with van der Waals surface area (Å²) in [4.78, 5) is 12.7. The summed E-state index contributed by atoms with van der Waals surface area (Å²) in [6.45, 7) is 7.21. The summed E-state index contributed by atoms with van der Waals surface area (Å²) in [6, 6.07) is 5.27. The molecule has 0 N–H and O–H groups in total. The Balaban J connectivity index is 2.38. The molecule has 1 aliphatic rings. The van der Waals surface area contributed by atoms with Crippen molar-refractivity contribution in [2.24, 2.45) is 0 Å². The van der Waals surface area contributed by atoms with Crippen molar-refractivity contribution in [1.29, 1.82) is 0 Å². The van der Waals surface area contributed by atoms with E-state index < -0.39 is 11.9 Å². The fourth-order valence-electron chi connectivity index (χ4n) is 3.09. The molecule has 1 fully saturated rings. The monoisotopic (exact) mass is 370 g/mol. The molecule has 2 rings (SSSR count). The predicted octanol–water partition coefficient (Wildman–Crippen LogP) is 4.67. The van der Waals surface area contributed by atoms with Crippen molar-refractivity contribution in [3.8, 4) is 5.75 Å². The first kappa shape index (κ1) is 20.0. The molecule has 0 radical (unpaired) electrons. The smallest absolute Gasteiger partial charge is 0.350 e. The first-order valence-corrected chi connectivity index (χ1v) is 9.33. The lowest BCUT2D eigenvalue weighted by Crippen LogP contribution is -2.46. The molecule has 1 aromatic carbocycles. The zero-order valence-corrected chi connectivity index (χ0v) is 15.9. The van der Waals surface area contributed by atoms with Gasteiger partial charge in [0.25, 0.3) is 0 Å². The fourth-order valence-corrected chi connectivity index (χ4v) is 3.27. The van der Waals surface area contributed by atoms with Gasteiger partial charge in [0.2, 0.25) is 5.60 Å². The van der Waals surface area contributed by atoms with E-state index in [1.54, 1.807) is 25.1 Å². The molecule has 1 aromatic rings. The molecule has 1 heterocycles. The van der Waals surface area contributed by atoms with Crippen LogP contribution in [0.1, 0.15) is 58.3 Å². The zero-order chi connectivity index (χ0) is 18.3. The SMILES string of the molecule is CCCC(CCC)(Oc1ccc(Cl)cc1C1OCCO1)C(=O)OCC. The lowest BCUT2D eigenvalue weighted by atomic mass is 9.92. The van der Waals surface area contributed by atoms with Gasteiger partial charge in [0.05, 0.1) is 25.4 Å². The summed E-state index contributed by atoms with van der Waals surface area (Å²) in [5, 5.41) is 0.564. The lowest BCUT2D eigenvalue weighted by Gasteiger charge is -2.33. The van der Waals surface area contributed by atoms with Gasteiger partial charge in [0.1, 0.15) is 5.75 Å². The molecule has 140 valence electrons. The van der Waals surface area contributed by atoms with Gasteiger partial charge in [0, 0.05) is 5.02 Å². The second-order valence-corrected chi connectivity index (χ2v) is 6.51. The number of esters is 1. The van der Waals surface area contributed by atoms with Gasteiger partial charge in [-0.15, -0.1) is 0 Å². The summed E-state index contributed by atoms with van der Waals surface area (Å²) in [7, 11) is 0. The van der Waals surface area contributed by atoms with Crippen LogP contribution in [0.2, 0.25) is 5.02 Å². The van der Waals surface area contributed by atoms with Crippen LogP contribution in [0.15, 0.2) is 18.2 Å². The van der Waals surface area contributed by atoms with Crippen molar-refractivity contribution in [1.82, 2.24) is 0 Å². The molecule has 0 atom stereocenters. The molecule has 1 saturated heterocycles. The van der Waals surface area contributed by atoms with E-state index in [0.717, 1.165) is 12.8 Å². The van der Waals surface area contributed by atoms with Crippen LogP contribution in [0.5, 0.6) is 5.75 Å². The normalized spacial score (nSPS) is 15.4. The molecular formula is C19H27ClO5. The molecule has 0 spiro atoms. The minimum absolute atomic E-state index is 0.319. The number of carbonyl (C=O) groups excluding carboxylic acids is 1. The van der Waals surface area contributed by atoms with Crippen LogP contribution in [-0.2, 0) is 19.0 Å².